The molecule has 3 aromatic carbocycles. The summed E-state index contributed by atoms with van der Waals surface area (Å²) in [5, 5.41) is 15.6. The lowest BCUT2D eigenvalue weighted by atomic mass is 9.99. The number of ether oxygens (including phenoxy) is 1. The molecule has 0 spiro atoms. The van der Waals surface area contributed by atoms with Gasteiger partial charge >= 0.3 is 12.2 Å². The van der Waals surface area contributed by atoms with Crippen molar-refractivity contribution in [3.05, 3.63) is 82.9 Å². The Morgan fingerprint density at radius 3 is 2.50 bits per heavy atom. The number of thiazole rings is 1. The van der Waals surface area contributed by atoms with Crippen LogP contribution in [0.25, 0.3) is 10.2 Å². The lowest BCUT2D eigenvalue weighted by Crippen LogP contribution is -2.50. The van der Waals surface area contributed by atoms with Gasteiger partial charge in [-0.1, -0.05) is 25.1 Å². The first-order valence-corrected chi connectivity index (χ1v) is 15.2. The standard InChI is InChI=1S/C32H32F3N5O5S/c1-18-15-40(19(2)17-41)30(43)22-7-6-9-24(37-28(42)29-38-23-8-4-5-10-26(23)46-29)27(22)45-25(18)16-39(3)31(44)36-21-13-11-20(12-14-21)32(33,34)35/h4-14,18-19,25,41H,15-17H2,1-3H3,(H,36,44)(H,37,42)/t18-,19+,25-/m0/s1. The van der Waals surface area contributed by atoms with Crippen LogP contribution in [-0.4, -0.2) is 76.6 Å². The van der Waals surface area contributed by atoms with Crippen LogP contribution in [0, 0.1) is 5.92 Å². The maximum Gasteiger partial charge on any atom is 0.416 e. The summed E-state index contributed by atoms with van der Waals surface area (Å²) < 4.78 is 46.1. The minimum atomic E-state index is -4.50. The van der Waals surface area contributed by atoms with Gasteiger partial charge in [0.2, 0.25) is 0 Å². The lowest BCUT2D eigenvalue weighted by Gasteiger charge is -2.38. The Bertz CT molecular complexity index is 1710. The van der Waals surface area contributed by atoms with Crippen LogP contribution in [-0.2, 0) is 6.18 Å². The number of aliphatic hydroxyl groups is 1. The zero-order valence-corrected chi connectivity index (χ0v) is 26.0. The Balaban J connectivity index is 1.41. The van der Waals surface area contributed by atoms with Gasteiger partial charge < -0.3 is 30.3 Å². The van der Waals surface area contributed by atoms with Crippen LogP contribution in [0.2, 0.25) is 0 Å². The predicted octanol–water partition coefficient (Wildman–Crippen LogP) is 5.95. The molecule has 3 atom stereocenters. The number of benzene rings is 3. The highest BCUT2D eigenvalue weighted by Crippen LogP contribution is 2.36. The van der Waals surface area contributed by atoms with Gasteiger partial charge in [-0.25, -0.2) is 9.78 Å². The molecule has 1 aliphatic heterocycles. The van der Waals surface area contributed by atoms with Crippen LogP contribution in [0.4, 0.5) is 29.3 Å². The fourth-order valence-corrected chi connectivity index (χ4v) is 5.88. The van der Waals surface area contributed by atoms with E-state index in [1.807, 2.05) is 25.1 Å². The first kappa shape index (κ1) is 32.7. The highest BCUT2D eigenvalue weighted by Gasteiger charge is 2.35. The molecule has 0 bridgehead atoms. The summed E-state index contributed by atoms with van der Waals surface area (Å²) in [5.41, 5.74) is 0.401. The molecule has 10 nitrogen and oxygen atoms in total. The highest BCUT2D eigenvalue weighted by molar-refractivity contribution is 7.20. The quantitative estimate of drug-likeness (QED) is 0.226. The third kappa shape index (κ3) is 7.07. The zero-order valence-electron chi connectivity index (χ0n) is 25.2. The third-order valence-corrected chi connectivity index (χ3v) is 8.73. The number of alkyl halides is 3. The Morgan fingerprint density at radius 2 is 1.83 bits per heavy atom. The lowest BCUT2D eigenvalue weighted by molar-refractivity contribution is -0.137. The number of anilines is 2. The number of aromatic nitrogens is 1. The third-order valence-electron chi connectivity index (χ3n) is 7.69. The second kappa shape index (κ2) is 13.3. The molecule has 2 heterocycles. The van der Waals surface area contributed by atoms with E-state index in [-0.39, 0.29) is 53.3 Å². The van der Waals surface area contributed by atoms with Crippen LogP contribution in [0.5, 0.6) is 5.75 Å². The number of aliphatic hydroxyl groups excluding tert-OH is 1. The topological polar surface area (TPSA) is 124 Å². The number of halogens is 3. The minimum Gasteiger partial charge on any atom is -0.485 e. The Hall–Kier alpha value is -4.69. The SMILES string of the molecule is C[C@H](CO)N1C[C@H](C)[C@H](CN(C)C(=O)Nc2ccc(C(F)(F)F)cc2)Oc2c(NC(=O)c3nc4ccccc4s3)cccc2C1=O. The molecule has 1 aromatic heterocycles. The van der Waals surface area contributed by atoms with Crippen LogP contribution in [0.3, 0.4) is 0 Å². The van der Waals surface area contributed by atoms with E-state index >= 15 is 0 Å². The Labute approximate surface area is 266 Å². The summed E-state index contributed by atoms with van der Waals surface area (Å²) in [5.74, 6) is -1.15. The van der Waals surface area contributed by atoms with Gasteiger partial charge in [0.15, 0.2) is 10.8 Å². The smallest absolute Gasteiger partial charge is 0.416 e. The van der Waals surface area contributed by atoms with Crippen molar-refractivity contribution < 1.29 is 37.4 Å². The normalized spacial score (nSPS) is 17.4. The van der Waals surface area contributed by atoms with Gasteiger partial charge in [0, 0.05) is 25.2 Å². The first-order valence-electron chi connectivity index (χ1n) is 14.4. The van der Waals surface area contributed by atoms with Gasteiger partial charge in [-0.15, -0.1) is 11.3 Å². The molecule has 46 heavy (non-hydrogen) atoms. The number of hydrogen-bond acceptors (Lipinski definition) is 7. The second-order valence-electron chi connectivity index (χ2n) is 11.1. The molecule has 3 N–H and O–H groups in total. The molecule has 0 radical (unpaired) electrons. The summed E-state index contributed by atoms with van der Waals surface area (Å²) >= 11 is 1.22. The number of carbonyl (C=O) groups is 3. The fourth-order valence-electron chi connectivity index (χ4n) is 5.02. The van der Waals surface area contributed by atoms with Crippen molar-refractivity contribution in [2.24, 2.45) is 5.92 Å². The summed E-state index contributed by atoms with van der Waals surface area (Å²) in [6, 6.07) is 15.1. The van der Waals surface area contributed by atoms with Gasteiger partial charge in [0.1, 0.15) is 6.10 Å². The summed E-state index contributed by atoms with van der Waals surface area (Å²) in [7, 11) is 1.51. The van der Waals surface area contributed by atoms with E-state index in [4.69, 9.17) is 4.74 Å². The molecule has 4 amide bonds. The number of urea groups is 1. The molecule has 14 heteroatoms. The number of nitrogens with one attached hydrogen (secondary N) is 2. The molecule has 0 saturated carbocycles. The molecular weight excluding hydrogens is 623 g/mol. The zero-order chi connectivity index (χ0) is 33.2. The summed E-state index contributed by atoms with van der Waals surface area (Å²) in [6.45, 7) is 3.47. The summed E-state index contributed by atoms with van der Waals surface area (Å²) in [6.07, 6.45) is -5.21. The predicted molar refractivity (Wildman–Crippen MR) is 168 cm³/mol. The first-order chi connectivity index (χ1) is 21.8. The average molecular weight is 656 g/mol. The largest absolute Gasteiger partial charge is 0.485 e. The molecule has 0 aliphatic carbocycles. The van der Waals surface area contributed by atoms with E-state index in [0.29, 0.717) is 5.52 Å². The highest BCUT2D eigenvalue weighted by atomic mass is 32.1. The van der Waals surface area contributed by atoms with Gasteiger partial charge in [-0.05, 0) is 55.5 Å². The fraction of sp³-hybridized carbons (Fsp3) is 0.312. The molecular formula is C32H32F3N5O5S. The molecule has 0 fully saturated rings. The molecule has 5 rings (SSSR count). The van der Waals surface area contributed by atoms with Crippen molar-refractivity contribution in [1.82, 2.24) is 14.8 Å². The van der Waals surface area contributed by atoms with E-state index in [9.17, 15) is 32.7 Å². The van der Waals surface area contributed by atoms with E-state index in [2.05, 4.69) is 15.6 Å². The van der Waals surface area contributed by atoms with Crippen LogP contribution in [0.1, 0.15) is 39.6 Å². The van der Waals surface area contributed by atoms with Crippen LogP contribution < -0.4 is 15.4 Å². The maximum absolute atomic E-state index is 13.8. The molecule has 0 saturated heterocycles. The summed E-state index contributed by atoms with van der Waals surface area (Å²) in [4.78, 5) is 47.4. The van der Waals surface area contributed by atoms with Crippen molar-refractivity contribution in [3.8, 4) is 5.75 Å². The van der Waals surface area contributed by atoms with E-state index in [0.717, 1.165) is 16.8 Å². The molecule has 1 aliphatic rings. The van der Waals surface area contributed by atoms with Crippen molar-refractivity contribution >= 4 is 50.8 Å². The number of nitrogens with zero attached hydrogens (tertiary/aromatic N) is 3. The monoisotopic (exact) mass is 655 g/mol. The van der Waals surface area contributed by atoms with Crippen molar-refractivity contribution in [2.45, 2.75) is 32.2 Å². The number of amides is 4. The van der Waals surface area contributed by atoms with Crippen molar-refractivity contribution in [3.63, 3.8) is 0 Å². The Kier molecular flexibility index (Phi) is 9.49. The number of fused-ring (bicyclic) bond motifs is 2. The molecule has 242 valence electrons. The van der Waals surface area contributed by atoms with E-state index < -0.39 is 41.7 Å². The van der Waals surface area contributed by atoms with Crippen LogP contribution >= 0.6 is 11.3 Å². The Morgan fingerprint density at radius 1 is 1.11 bits per heavy atom. The van der Waals surface area contributed by atoms with Gasteiger partial charge in [0.05, 0.1) is 46.2 Å². The van der Waals surface area contributed by atoms with E-state index in [1.165, 1.54) is 40.3 Å². The number of para-hydroxylation sites is 2. The average Bonchev–Trinajstić information content (AvgIpc) is 3.47. The van der Waals surface area contributed by atoms with Gasteiger partial charge in [-0.3, -0.25) is 9.59 Å². The van der Waals surface area contributed by atoms with Crippen molar-refractivity contribution in [1.29, 1.82) is 0 Å². The van der Waals surface area contributed by atoms with Gasteiger partial charge in [0.25, 0.3) is 11.8 Å². The molecule has 0 unspecified atom stereocenters. The number of rotatable bonds is 7. The number of likely N-dealkylation sites (N-methyl/N-ethyl adjacent to an activating group) is 1. The van der Waals surface area contributed by atoms with Crippen LogP contribution in [0.15, 0.2) is 66.7 Å². The van der Waals surface area contributed by atoms with Crippen molar-refractivity contribution in [2.75, 3.05) is 37.4 Å². The number of hydrogen-bond donors (Lipinski definition) is 3. The number of carbonyl (C=O) groups excluding carboxylic acids is 3. The maximum atomic E-state index is 13.8. The van der Waals surface area contributed by atoms with Gasteiger partial charge in [-0.2, -0.15) is 13.2 Å². The second-order valence-corrected chi connectivity index (χ2v) is 12.2. The van der Waals surface area contributed by atoms with E-state index in [1.54, 1.807) is 31.2 Å². The minimum absolute atomic E-state index is 0.0166. The molecule has 4 aromatic rings.